The van der Waals surface area contributed by atoms with Crippen LogP contribution in [0.5, 0.6) is 0 Å². The summed E-state index contributed by atoms with van der Waals surface area (Å²) in [5.41, 5.74) is 3.90. The molecule has 0 atom stereocenters. The Balaban J connectivity index is 3.68. The Labute approximate surface area is 32.3 Å². The molecule has 0 fully saturated rings. The molecule has 0 aliphatic carbocycles. The summed E-state index contributed by atoms with van der Waals surface area (Å²) in [5.74, 6) is -1.91. The third-order valence-electron chi connectivity index (χ3n) is 0.181. The molecular weight excluding hydrogens is 95.0 g/mol. The maximum absolute atomic E-state index is 10.7. The van der Waals surface area contributed by atoms with E-state index in [2.05, 4.69) is 5.73 Å². The van der Waals surface area contributed by atoms with Crippen molar-refractivity contribution in [2.75, 3.05) is 0 Å². The van der Waals surface area contributed by atoms with E-state index < -0.39 is 12.0 Å². The molecule has 0 spiro atoms. The Bertz CT molecular complexity index is 58.9. The fourth-order valence-corrected chi connectivity index (χ4v) is 0. The summed E-state index contributed by atoms with van der Waals surface area (Å²) in [7, 11) is 0. The summed E-state index contributed by atoms with van der Waals surface area (Å²) < 4.78 is 31.8. The molecule has 36 valence electrons. The van der Waals surface area contributed by atoms with E-state index in [1.54, 1.807) is 0 Å². The van der Waals surface area contributed by atoms with Gasteiger partial charge in [-0.2, -0.15) is 13.2 Å². The Morgan fingerprint density at radius 1 is 1.17 bits per heavy atom. The molecule has 0 aliphatic heterocycles. The van der Waals surface area contributed by atoms with Crippen molar-refractivity contribution < 1.29 is 13.2 Å². The highest BCUT2D eigenvalue weighted by Gasteiger charge is 1.93. The highest BCUT2D eigenvalue weighted by molar-refractivity contribution is 4.82. The number of rotatable bonds is 0. The maximum Gasteiger partial charge on any atom is 0.322 e. The van der Waals surface area contributed by atoms with Gasteiger partial charge in [0.1, 0.15) is 0 Å². The van der Waals surface area contributed by atoms with Gasteiger partial charge in [0.05, 0.1) is 0 Å². The van der Waals surface area contributed by atoms with Crippen molar-refractivity contribution in [3.8, 4) is 0 Å². The van der Waals surface area contributed by atoms with Crippen molar-refractivity contribution in [2.45, 2.75) is 0 Å². The Hall–Kier alpha value is -0.670. The summed E-state index contributed by atoms with van der Waals surface area (Å²) >= 11 is 0. The van der Waals surface area contributed by atoms with Crippen molar-refractivity contribution in [3.63, 3.8) is 0 Å². The average molecular weight is 97.0 g/mol. The van der Waals surface area contributed by atoms with E-state index in [0.717, 1.165) is 0 Å². The molecule has 0 heterocycles. The zero-order chi connectivity index (χ0) is 5.15. The van der Waals surface area contributed by atoms with Crippen molar-refractivity contribution in [1.82, 2.24) is 0 Å². The van der Waals surface area contributed by atoms with E-state index in [9.17, 15) is 13.2 Å². The zero-order valence-corrected chi connectivity index (χ0v) is 2.71. The largest absolute Gasteiger partial charge is 0.371 e. The molecule has 0 rings (SSSR count). The standard InChI is InChI=1S/C2H2F3N/c3-1(4)2(5)6/h6H2. The van der Waals surface area contributed by atoms with E-state index in [-0.39, 0.29) is 0 Å². The molecule has 0 bridgehead atoms. The summed E-state index contributed by atoms with van der Waals surface area (Å²) in [6.07, 6.45) is -2.46. The number of hydrogen-bond acceptors (Lipinski definition) is 1. The van der Waals surface area contributed by atoms with E-state index in [0.29, 0.717) is 0 Å². The fraction of sp³-hybridized carbons (Fsp3) is 0. The monoisotopic (exact) mass is 97.0 g/mol. The van der Waals surface area contributed by atoms with Gasteiger partial charge in [-0.15, -0.1) is 0 Å². The molecular formula is C2H2F3N. The predicted octanol–water partition coefficient (Wildman–Crippen LogP) is 0.980. The van der Waals surface area contributed by atoms with E-state index >= 15 is 0 Å². The van der Waals surface area contributed by atoms with Crippen molar-refractivity contribution in [2.24, 2.45) is 5.73 Å². The van der Waals surface area contributed by atoms with E-state index in [1.165, 1.54) is 0 Å². The Kier molecular flexibility index (Phi) is 1.50. The zero-order valence-electron chi connectivity index (χ0n) is 2.71. The van der Waals surface area contributed by atoms with Gasteiger partial charge in [0.2, 0.25) is 5.95 Å². The smallest absolute Gasteiger partial charge is 0.322 e. The van der Waals surface area contributed by atoms with Crippen molar-refractivity contribution in [3.05, 3.63) is 12.0 Å². The Morgan fingerprint density at radius 3 is 1.33 bits per heavy atom. The number of nitrogens with two attached hydrogens (primary N) is 1. The summed E-state index contributed by atoms with van der Waals surface area (Å²) in [5, 5.41) is 0. The third-order valence-corrected chi connectivity index (χ3v) is 0.181. The minimum absolute atomic E-state index is 1.91. The molecule has 0 saturated carbocycles. The molecule has 0 unspecified atom stereocenters. The van der Waals surface area contributed by atoms with E-state index in [4.69, 9.17) is 0 Å². The summed E-state index contributed by atoms with van der Waals surface area (Å²) in [4.78, 5) is 0. The van der Waals surface area contributed by atoms with Gasteiger partial charge in [-0.3, -0.25) is 0 Å². The first-order valence-electron chi connectivity index (χ1n) is 1.11. The molecule has 0 amide bonds. The van der Waals surface area contributed by atoms with Crippen molar-refractivity contribution in [1.29, 1.82) is 0 Å². The molecule has 4 heteroatoms. The van der Waals surface area contributed by atoms with Crippen LogP contribution in [0.15, 0.2) is 12.0 Å². The van der Waals surface area contributed by atoms with Crippen LogP contribution in [0.3, 0.4) is 0 Å². The van der Waals surface area contributed by atoms with Gasteiger partial charge in [0.15, 0.2) is 0 Å². The minimum atomic E-state index is -2.46. The lowest BCUT2D eigenvalue weighted by atomic mass is 10.9. The topological polar surface area (TPSA) is 26.0 Å². The number of hydrogen-bond donors (Lipinski definition) is 1. The summed E-state index contributed by atoms with van der Waals surface area (Å²) in [6, 6.07) is 0. The second-order valence-corrected chi connectivity index (χ2v) is 0.608. The molecule has 0 aromatic heterocycles. The maximum atomic E-state index is 10.7. The lowest BCUT2D eigenvalue weighted by Gasteiger charge is -1.74. The van der Waals surface area contributed by atoms with Crippen LogP contribution in [0.1, 0.15) is 0 Å². The summed E-state index contributed by atoms with van der Waals surface area (Å²) in [6.45, 7) is 0. The second kappa shape index (κ2) is 1.69. The molecule has 0 saturated heterocycles. The van der Waals surface area contributed by atoms with Gasteiger partial charge in [0, 0.05) is 0 Å². The highest BCUT2D eigenvalue weighted by Crippen LogP contribution is 2.00. The molecule has 0 radical (unpaired) electrons. The van der Waals surface area contributed by atoms with Crippen LogP contribution in [0.25, 0.3) is 0 Å². The lowest BCUT2D eigenvalue weighted by molar-refractivity contribution is 0.377. The fourth-order valence-electron chi connectivity index (χ4n) is 0. The average Bonchev–Trinajstić information content (AvgIpc) is 1.36. The van der Waals surface area contributed by atoms with Crippen LogP contribution in [-0.4, -0.2) is 0 Å². The SMILES string of the molecule is NC(F)=C(F)F. The van der Waals surface area contributed by atoms with Crippen LogP contribution in [0, 0.1) is 0 Å². The molecule has 1 nitrogen and oxygen atoms in total. The Morgan fingerprint density at radius 2 is 1.33 bits per heavy atom. The highest BCUT2D eigenvalue weighted by atomic mass is 19.3. The van der Waals surface area contributed by atoms with Gasteiger partial charge in [-0.05, 0) is 0 Å². The van der Waals surface area contributed by atoms with Crippen LogP contribution < -0.4 is 5.73 Å². The molecule has 2 N–H and O–H groups in total. The first-order chi connectivity index (χ1) is 2.64. The minimum Gasteiger partial charge on any atom is -0.371 e. The van der Waals surface area contributed by atoms with Crippen molar-refractivity contribution >= 4 is 0 Å². The first-order valence-corrected chi connectivity index (χ1v) is 1.11. The van der Waals surface area contributed by atoms with Gasteiger partial charge >= 0.3 is 6.08 Å². The lowest BCUT2D eigenvalue weighted by Crippen LogP contribution is -1.88. The van der Waals surface area contributed by atoms with Gasteiger partial charge < -0.3 is 5.73 Å². The molecule has 6 heavy (non-hydrogen) atoms. The van der Waals surface area contributed by atoms with Gasteiger partial charge in [-0.1, -0.05) is 0 Å². The third kappa shape index (κ3) is 1.63. The molecule has 0 aliphatic rings. The van der Waals surface area contributed by atoms with Crippen LogP contribution in [0.2, 0.25) is 0 Å². The second-order valence-electron chi connectivity index (χ2n) is 0.608. The first kappa shape index (κ1) is 5.33. The van der Waals surface area contributed by atoms with E-state index in [1.807, 2.05) is 0 Å². The molecule has 0 aromatic rings. The van der Waals surface area contributed by atoms with Crippen LogP contribution >= 0.6 is 0 Å². The quantitative estimate of drug-likeness (QED) is 0.448. The normalized spacial score (nSPS) is 7.83. The van der Waals surface area contributed by atoms with Gasteiger partial charge in [-0.25, -0.2) is 0 Å². The predicted molar refractivity (Wildman–Crippen MR) is 14.5 cm³/mol. The van der Waals surface area contributed by atoms with Gasteiger partial charge in [0.25, 0.3) is 0 Å². The molecule has 0 aromatic carbocycles. The number of halogens is 3. The van der Waals surface area contributed by atoms with Crippen LogP contribution in [-0.2, 0) is 0 Å². The van der Waals surface area contributed by atoms with Crippen LogP contribution in [0.4, 0.5) is 13.2 Å².